The molecule has 0 saturated heterocycles. The van der Waals surface area contributed by atoms with Crippen LogP contribution in [0.15, 0.2) is 41.0 Å². The van der Waals surface area contributed by atoms with Crippen LogP contribution < -0.4 is 10.6 Å². The standard InChI is InChI=1S/C16H19BrN4/c17-12-6-8-14(9-7-12)20-16-18-11-10-15(21-16)19-13-4-2-1-3-5-13/h6-11,13H,1-5H2,(H2,18,19,20,21). The number of benzene rings is 1. The maximum absolute atomic E-state index is 4.54. The van der Waals surface area contributed by atoms with E-state index in [0.717, 1.165) is 16.0 Å². The zero-order valence-corrected chi connectivity index (χ0v) is 13.4. The molecule has 1 saturated carbocycles. The minimum atomic E-state index is 0.550. The summed E-state index contributed by atoms with van der Waals surface area (Å²) in [6.07, 6.45) is 8.25. The van der Waals surface area contributed by atoms with Crippen LogP contribution in [0.5, 0.6) is 0 Å². The fraction of sp³-hybridized carbons (Fsp3) is 0.375. The highest BCUT2D eigenvalue weighted by molar-refractivity contribution is 9.10. The second-order valence-electron chi connectivity index (χ2n) is 5.38. The highest BCUT2D eigenvalue weighted by Gasteiger charge is 2.13. The lowest BCUT2D eigenvalue weighted by atomic mass is 9.95. The fourth-order valence-corrected chi connectivity index (χ4v) is 2.88. The molecular formula is C16H19BrN4. The zero-order chi connectivity index (χ0) is 14.5. The maximum Gasteiger partial charge on any atom is 0.229 e. The molecule has 1 fully saturated rings. The van der Waals surface area contributed by atoms with E-state index in [9.17, 15) is 0 Å². The van der Waals surface area contributed by atoms with E-state index in [1.807, 2.05) is 30.3 Å². The van der Waals surface area contributed by atoms with Crippen LogP contribution in [0.4, 0.5) is 17.5 Å². The first-order chi connectivity index (χ1) is 10.3. The van der Waals surface area contributed by atoms with Crippen LogP contribution in [0.2, 0.25) is 0 Å². The van der Waals surface area contributed by atoms with Gasteiger partial charge in [0.15, 0.2) is 0 Å². The summed E-state index contributed by atoms with van der Waals surface area (Å²) in [5, 5.41) is 6.74. The van der Waals surface area contributed by atoms with E-state index in [4.69, 9.17) is 0 Å². The summed E-state index contributed by atoms with van der Waals surface area (Å²) in [6, 6.07) is 10.5. The number of nitrogens with one attached hydrogen (secondary N) is 2. The Balaban J connectivity index is 1.66. The number of hydrogen-bond donors (Lipinski definition) is 2. The average molecular weight is 347 g/mol. The molecule has 0 amide bonds. The largest absolute Gasteiger partial charge is 0.367 e. The molecule has 0 bridgehead atoms. The zero-order valence-electron chi connectivity index (χ0n) is 11.8. The Morgan fingerprint density at radius 3 is 2.52 bits per heavy atom. The second-order valence-corrected chi connectivity index (χ2v) is 6.29. The summed E-state index contributed by atoms with van der Waals surface area (Å²) < 4.78 is 1.06. The maximum atomic E-state index is 4.54. The topological polar surface area (TPSA) is 49.8 Å². The Morgan fingerprint density at radius 2 is 1.76 bits per heavy atom. The number of aromatic nitrogens is 2. The van der Waals surface area contributed by atoms with Gasteiger partial charge < -0.3 is 10.6 Å². The molecule has 21 heavy (non-hydrogen) atoms. The number of rotatable bonds is 4. The van der Waals surface area contributed by atoms with E-state index in [-0.39, 0.29) is 0 Å². The van der Waals surface area contributed by atoms with Gasteiger partial charge in [-0.2, -0.15) is 4.98 Å². The van der Waals surface area contributed by atoms with E-state index in [2.05, 4.69) is 36.5 Å². The van der Waals surface area contributed by atoms with Crippen molar-refractivity contribution in [3.8, 4) is 0 Å². The Hall–Kier alpha value is -1.62. The number of hydrogen-bond acceptors (Lipinski definition) is 4. The smallest absolute Gasteiger partial charge is 0.229 e. The van der Waals surface area contributed by atoms with Gasteiger partial charge in [0.25, 0.3) is 0 Å². The summed E-state index contributed by atoms with van der Waals surface area (Å²) in [5.74, 6) is 1.52. The fourth-order valence-electron chi connectivity index (χ4n) is 2.62. The molecule has 1 heterocycles. The molecule has 4 nitrogen and oxygen atoms in total. The summed E-state index contributed by atoms with van der Waals surface area (Å²) in [5.41, 5.74) is 0.980. The number of halogens is 1. The minimum absolute atomic E-state index is 0.550. The van der Waals surface area contributed by atoms with Crippen molar-refractivity contribution in [1.29, 1.82) is 0 Å². The highest BCUT2D eigenvalue weighted by Crippen LogP contribution is 2.22. The predicted octanol–water partition coefficient (Wildman–Crippen LogP) is 4.73. The molecule has 110 valence electrons. The summed E-state index contributed by atoms with van der Waals surface area (Å²) >= 11 is 3.43. The number of nitrogens with zero attached hydrogens (tertiary/aromatic N) is 2. The van der Waals surface area contributed by atoms with Crippen molar-refractivity contribution in [3.63, 3.8) is 0 Å². The van der Waals surface area contributed by atoms with E-state index in [1.54, 1.807) is 6.20 Å². The van der Waals surface area contributed by atoms with Crippen molar-refractivity contribution in [3.05, 3.63) is 41.0 Å². The molecule has 5 heteroatoms. The van der Waals surface area contributed by atoms with Gasteiger partial charge in [0.2, 0.25) is 5.95 Å². The lowest BCUT2D eigenvalue weighted by Crippen LogP contribution is -2.22. The van der Waals surface area contributed by atoms with Crippen molar-refractivity contribution in [1.82, 2.24) is 9.97 Å². The highest BCUT2D eigenvalue weighted by atomic mass is 79.9. The SMILES string of the molecule is Brc1ccc(Nc2nccc(NC3CCCCC3)n2)cc1. The average Bonchev–Trinajstić information content (AvgIpc) is 2.51. The van der Waals surface area contributed by atoms with Crippen LogP contribution in [-0.2, 0) is 0 Å². The van der Waals surface area contributed by atoms with Gasteiger partial charge in [0.1, 0.15) is 5.82 Å². The van der Waals surface area contributed by atoms with Crippen molar-refractivity contribution in [2.45, 2.75) is 38.1 Å². The van der Waals surface area contributed by atoms with Crippen molar-refractivity contribution >= 4 is 33.4 Å². The molecule has 0 radical (unpaired) electrons. The van der Waals surface area contributed by atoms with Gasteiger partial charge in [-0.05, 0) is 43.2 Å². The van der Waals surface area contributed by atoms with Gasteiger partial charge >= 0.3 is 0 Å². The van der Waals surface area contributed by atoms with Gasteiger partial charge in [-0.25, -0.2) is 4.98 Å². The summed E-state index contributed by atoms with van der Waals surface area (Å²) in [6.45, 7) is 0. The monoisotopic (exact) mass is 346 g/mol. The molecule has 2 N–H and O–H groups in total. The molecule has 1 aliphatic rings. The van der Waals surface area contributed by atoms with Gasteiger partial charge in [0.05, 0.1) is 0 Å². The van der Waals surface area contributed by atoms with Crippen molar-refractivity contribution in [2.75, 3.05) is 10.6 Å². The molecular weight excluding hydrogens is 328 g/mol. The predicted molar refractivity (Wildman–Crippen MR) is 90.0 cm³/mol. The van der Waals surface area contributed by atoms with E-state index < -0.39 is 0 Å². The van der Waals surface area contributed by atoms with E-state index in [0.29, 0.717) is 12.0 Å². The van der Waals surface area contributed by atoms with E-state index >= 15 is 0 Å². The Morgan fingerprint density at radius 1 is 1.00 bits per heavy atom. The molecule has 0 unspecified atom stereocenters. The lowest BCUT2D eigenvalue weighted by molar-refractivity contribution is 0.462. The van der Waals surface area contributed by atoms with Crippen LogP contribution in [0.1, 0.15) is 32.1 Å². The van der Waals surface area contributed by atoms with Crippen molar-refractivity contribution in [2.24, 2.45) is 0 Å². The first-order valence-corrected chi connectivity index (χ1v) is 8.21. The van der Waals surface area contributed by atoms with Gasteiger partial charge in [-0.15, -0.1) is 0 Å². The van der Waals surface area contributed by atoms with Gasteiger partial charge in [-0.1, -0.05) is 35.2 Å². The van der Waals surface area contributed by atoms with Crippen LogP contribution >= 0.6 is 15.9 Å². The van der Waals surface area contributed by atoms with E-state index in [1.165, 1.54) is 32.1 Å². The van der Waals surface area contributed by atoms with Gasteiger partial charge in [-0.3, -0.25) is 0 Å². The van der Waals surface area contributed by atoms with Crippen LogP contribution in [-0.4, -0.2) is 16.0 Å². The molecule has 1 aliphatic carbocycles. The third kappa shape index (κ3) is 4.17. The molecule has 0 spiro atoms. The normalized spacial score (nSPS) is 15.7. The van der Waals surface area contributed by atoms with Crippen LogP contribution in [0, 0.1) is 0 Å². The molecule has 1 aromatic heterocycles. The Bertz CT molecular complexity index is 579. The van der Waals surface area contributed by atoms with Gasteiger partial charge in [0, 0.05) is 22.4 Å². The first kappa shape index (κ1) is 14.3. The minimum Gasteiger partial charge on any atom is -0.367 e. The quantitative estimate of drug-likeness (QED) is 0.840. The number of anilines is 3. The Labute approximate surface area is 133 Å². The third-order valence-electron chi connectivity index (χ3n) is 3.71. The Kier molecular flexibility index (Phi) is 4.70. The molecule has 0 atom stereocenters. The molecule has 3 rings (SSSR count). The summed E-state index contributed by atoms with van der Waals surface area (Å²) in [4.78, 5) is 8.82. The summed E-state index contributed by atoms with van der Waals surface area (Å²) in [7, 11) is 0. The third-order valence-corrected chi connectivity index (χ3v) is 4.24. The first-order valence-electron chi connectivity index (χ1n) is 7.42. The second kappa shape index (κ2) is 6.89. The molecule has 2 aromatic rings. The van der Waals surface area contributed by atoms with Crippen LogP contribution in [0.3, 0.4) is 0 Å². The molecule has 1 aromatic carbocycles. The molecule has 0 aliphatic heterocycles. The van der Waals surface area contributed by atoms with Crippen molar-refractivity contribution < 1.29 is 0 Å². The van der Waals surface area contributed by atoms with Crippen LogP contribution in [0.25, 0.3) is 0 Å². The lowest BCUT2D eigenvalue weighted by Gasteiger charge is -2.23.